The van der Waals surface area contributed by atoms with Gasteiger partial charge in [0.05, 0.1) is 31.2 Å². The Labute approximate surface area is 176 Å². The van der Waals surface area contributed by atoms with Gasteiger partial charge in [0, 0.05) is 18.3 Å². The molecule has 0 saturated heterocycles. The summed E-state index contributed by atoms with van der Waals surface area (Å²) >= 11 is 0. The molecule has 1 amide bonds. The fourth-order valence-corrected chi connectivity index (χ4v) is 3.15. The minimum absolute atomic E-state index is 0.0557. The summed E-state index contributed by atoms with van der Waals surface area (Å²) < 4.78 is 35.3. The van der Waals surface area contributed by atoms with Gasteiger partial charge in [-0.3, -0.25) is 9.48 Å². The molecular formula is C21H20F2N6O2. The first-order chi connectivity index (χ1) is 15.0. The van der Waals surface area contributed by atoms with Crippen molar-refractivity contribution in [3.05, 3.63) is 65.7 Å². The molecule has 0 aliphatic rings. The number of alkyl halides is 2. The first kappa shape index (κ1) is 20.5. The van der Waals surface area contributed by atoms with Crippen molar-refractivity contribution in [2.45, 2.75) is 26.4 Å². The molecule has 3 aromatic heterocycles. The summed E-state index contributed by atoms with van der Waals surface area (Å²) in [5, 5.41) is 11.0. The molecule has 0 fully saturated rings. The summed E-state index contributed by atoms with van der Waals surface area (Å²) in [5.74, 6) is 0.162. The average Bonchev–Trinajstić information content (AvgIpc) is 3.43. The van der Waals surface area contributed by atoms with Gasteiger partial charge >= 0.3 is 0 Å². The number of nitrogens with zero attached hydrogens (tertiary/aromatic N) is 5. The third kappa shape index (κ3) is 4.09. The lowest BCUT2D eigenvalue weighted by Gasteiger charge is -2.09. The highest BCUT2D eigenvalue weighted by molar-refractivity contribution is 5.99. The van der Waals surface area contributed by atoms with E-state index in [-0.39, 0.29) is 23.4 Å². The monoisotopic (exact) mass is 426 g/mol. The second-order valence-corrected chi connectivity index (χ2v) is 6.73. The van der Waals surface area contributed by atoms with Crippen LogP contribution in [0.3, 0.4) is 0 Å². The average molecular weight is 426 g/mol. The number of nitrogens with one attached hydrogen (secondary N) is 1. The molecule has 4 rings (SSSR count). The Morgan fingerprint density at radius 2 is 2.00 bits per heavy atom. The van der Waals surface area contributed by atoms with E-state index < -0.39 is 12.3 Å². The van der Waals surface area contributed by atoms with Crippen LogP contribution in [0.4, 0.5) is 8.78 Å². The van der Waals surface area contributed by atoms with E-state index in [1.165, 1.54) is 19.4 Å². The van der Waals surface area contributed by atoms with Crippen molar-refractivity contribution >= 4 is 11.6 Å². The predicted octanol–water partition coefficient (Wildman–Crippen LogP) is 3.49. The largest absolute Gasteiger partial charge is 0.497 e. The van der Waals surface area contributed by atoms with Gasteiger partial charge in [-0.15, -0.1) is 0 Å². The number of aryl methyl sites for hydroxylation is 1. The van der Waals surface area contributed by atoms with Crippen LogP contribution in [0.1, 0.15) is 35.1 Å². The highest BCUT2D eigenvalue weighted by Crippen LogP contribution is 2.27. The summed E-state index contributed by atoms with van der Waals surface area (Å²) in [7, 11) is 1.54. The van der Waals surface area contributed by atoms with Crippen LogP contribution in [-0.4, -0.2) is 37.4 Å². The number of carbonyl (C=O) groups is 1. The van der Waals surface area contributed by atoms with Gasteiger partial charge in [0.1, 0.15) is 17.0 Å². The van der Waals surface area contributed by atoms with Gasteiger partial charge in [0.15, 0.2) is 5.65 Å². The van der Waals surface area contributed by atoms with E-state index in [4.69, 9.17) is 4.74 Å². The molecule has 0 atom stereocenters. The molecule has 31 heavy (non-hydrogen) atoms. The van der Waals surface area contributed by atoms with Gasteiger partial charge in [-0.1, -0.05) is 0 Å². The third-order valence-electron chi connectivity index (χ3n) is 4.80. The molecule has 10 heteroatoms. The fourth-order valence-electron chi connectivity index (χ4n) is 3.15. The summed E-state index contributed by atoms with van der Waals surface area (Å²) in [6, 6.07) is 9.92. The van der Waals surface area contributed by atoms with Crippen LogP contribution in [0.25, 0.3) is 16.9 Å². The van der Waals surface area contributed by atoms with E-state index in [9.17, 15) is 13.6 Å². The van der Waals surface area contributed by atoms with E-state index in [0.29, 0.717) is 22.7 Å². The van der Waals surface area contributed by atoms with Crippen molar-refractivity contribution in [1.82, 2.24) is 29.7 Å². The SMILES string of the molecule is CCn1ccc(CNC(=O)c2cnn3c(C(F)F)cc(-c4ccc(OC)cc4)nc23)n1. The Kier molecular flexibility index (Phi) is 5.61. The topological polar surface area (TPSA) is 86.3 Å². The molecule has 0 bridgehead atoms. The lowest BCUT2D eigenvalue weighted by Crippen LogP contribution is -2.23. The lowest BCUT2D eigenvalue weighted by molar-refractivity contribution is 0.0951. The quantitative estimate of drug-likeness (QED) is 0.489. The van der Waals surface area contributed by atoms with Crippen LogP contribution < -0.4 is 10.1 Å². The second-order valence-electron chi connectivity index (χ2n) is 6.73. The first-order valence-corrected chi connectivity index (χ1v) is 9.62. The van der Waals surface area contributed by atoms with Gasteiger partial charge in [-0.2, -0.15) is 10.2 Å². The molecular weight excluding hydrogens is 406 g/mol. The number of fused-ring (bicyclic) bond motifs is 1. The maximum absolute atomic E-state index is 13.7. The van der Waals surface area contributed by atoms with Gasteiger partial charge in [-0.25, -0.2) is 18.3 Å². The van der Waals surface area contributed by atoms with Crippen molar-refractivity contribution in [2.24, 2.45) is 0 Å². The number of amides is 1. The molecule has 1 N–H and O–H groups in total. The van der Waals surface area contributed by atoms with Crippen molar-refractivity contribution in [2.75, 3.05) is 7.11 Å². The molecule has 0 radical (unpaired) electrons. The Hall–Kier alpha value is -3.82. The van der Waals surface area contributed by atoms with Crippen LogP contribution in [0.2, 0.25) is 0 Å². The van der Waals surface area contributed by atoms with Gasteiger partial charge in [0.25, 0.3) is 12.3 Å². The molecule has 3 heterocycles. The number of carbonyl (C=O) groups excluding carboxylic acids is 1. The summed E-state index contributed by atoms with van der Waals surface area (Å²) in [6.07, 6.45) is 0.261. The Morgan fingerprint density at radius 1 is 1.23 bits per heavy atom. The summed E-state index contributed by atoms with van der Waals surface area (Å²) in [6.45, 7) is 2.88. The number of aromatic nitrogens is 5. The van der Waals surface area contributed by atoms with E-state index in [0.717, 1.165) is 11.1 Å². The fraction of sp³-hybridized carbons (Fsp3) is 0.238. The van der Waals surface area contributed by atoms with Gasteiger partial charge < -0.3 is 10.1 Å². The molecule has 0 aliphatic carbocycles. The van der Waals surface area contributed by atoms with Crippen LogP contribution in [0, 0.1) is 0 Å². The first-order valence-electron chi connectivity index (χ1n) is 9.62. The van der Waals surface area contributed by atoms with Crippen LogP contribution in [0.15, 0.2) is 48.8 Å². The smallest absolute Gasteiger partial charge is 0.280 e. The zero-order chi connectivity index (χ0) is 22.0. The standard InChI is InChI=1S/C21H20F2N6O2/c1-3-28-9-8-14(27-28)11-24-21(30)16-12-25-29-18(19(22)23)10-17(26-20(16)29)13-4-6-15(31-2)7-5-13/h4-10,12,19H,3,11H2,1-2H3,(H,24,30). The van der Waals surface area contributed by atoms with Gasteiger partial charge in [0.2, 0.25) is 0 Å². The maximum atomic E-state index is 13.7. The zero-order valence-corrected chi connectivity index (χ0v) is 16.9. The van der Waals surface area contributed by atoms with Crippen LogP contribution >= 0.6 is 0 Å². The van der Waals surface area contributed by atoms with Crippen LogP contribution in [-0.2, 0) is 13.1 Å². The Balaban J connectivity index is 1.68. The number of hydrogen-bond donors (Lipinski definition) is 1. The number of methoxy groups -OCH3 is 1. The third-order valence-corrected chi connectivity index (χ3v) is 4.80. The molecule has 160 valence electrons. The molecule has 0 aliphatic heterocycles. The van der Waals surface area contributed by atoms with E-state index in [1.54, 1.807) is 35.0 Å². The van der Waals surface area contributed by atoms with Gasteiger partial charge in [-0.05, 0) is 43.3 Å². The molecule has 0 saturated carbocycles. The Morgan fingerprint density at radius 3 is 2.65 bits per heavy atom. The number of rotatable bonds is 7. The number of benzene rings is 1. The van der Waals surface area contributed by atoms with E-state index >= 15 is 0 Å². The highest BCUT2D eigenvalue weighted by atomic mass is 19.3. The van der Waals surface area contributed by atoms with Crippen molar-refractivity contribution in [3.63, 3.8) is 0 Å². The summed E-state index contributed by atoms with van der Waals surface area (Å²) in [4.78, 5) is 17.2. The van der Waals surface area contributed by atoms with Crippen molar-refractivity contribution in [3.8, 4) is 17.0 Å². The number of hydrogen-bond acceptors (Lipinski definition) is 5. The minimum Gasteiger partial charge on any atom is -0.497 e. The number of halogens is 2. The minimum atomic E-state index is -2.80. The molecule has 0 unspecified atom stereocenters. The number of ether oxygens (including phenoxy) is 1. The molecule has 1 aromatic carbocycles. The van der Waals surface area contributed by atoms with E-state index in [1.807, 2.05) is 13.1 Å². The summed E-state index contributed by atoms with van der Waals surface area (Å²) in [5.41, 5.74) is 1.42. The molecule has 0 spiro atoms. The molecule has 4 aromatic rings. The van der Waals surface area contributed by atoms with E-state index in [2.05, 4.69) is 20.5 Å². The normalized spacial score (nSPS) is 11.3. The van der Waals surface area contributed by atoms with Crippen molar-refractivity contribution in [1.29, 1.82) is 0 Å². The zero-order valence-electron chi connectivity index (χ0n) is 16.9. The van der Waals surface area contributed by atoms with Crippen LogP contribution in [0.5, 0.6) is 5.75 Å². The lowest BCUT2D eigenvalue weighted by atomic mass is 10.1. The predicted molar refractivity (Wildman–Crippen MR) is 109 cm³/mol. The highest BCUT2D eigenvalue weighted by Gasteiger charge is 2.21. The second kappa shape index (κ2) is 8.50. The van der Waals surface area contributed by atoms with Crippen molar-refractivity contribution < 1.29 is 18.3 Å². The Bertz CT molecular complexity index is 1220. The maximum Gasteiger partial charge on any atom is 0.280 e. The molecule has 8 nitrogen and oxygen atoms in total.